The van der Waals surface area contributed by atoms with Gasteiger partial charge in [0.1, 0.15) is 0 Å². The molecule has 3 rings (SSSR count). The highest BCUT2D eigenvalue weighted by molar-refractivity contribution is 9.58. The number of rotatable bonds is 1. The number of fused-ring (bicyclic) bond motifs is 6. The Balaban J connectivity index is 2.12. The first-order valence-corrected chi connectivity index (χ1v) is 10.7. The van der Waals surface area contributed by atoms with Crippen molar-refractivity contribution < 1.29 is 9.59 Å². The summed E-state index contributed by atoms with van der Waals surface area (Å²) in [6.45, 7) is 2.96. The fraction of sp³-hybridized carbons (Fsp3) is 0.800. The zero-order valence-corrected chi connectivity index (χ0v) is 13.5. The van der Waals surface area contributed by atoms with Crippen LogP contribution < -0.4 is 0 Å². The first-order chi connectivity index (χ1) is 8.04. The van der Waals surface area contributed by atoms with E-state index in [4.69, 9.17) is 0 Å². The van der Waals surface area contributed by atoms with Crippen molar-refractivity contribution in [1.29, 1.82) is 0 Å². The highest BCUT2D eigenvalue weighted by atomic mass is 79.9. The molecule has 1 unspecified atom stereocenters. The van der Waals surface area contributed by atoms with Crippen LogP contribution in [-0.2, 0) is 9.59 Å². The minimum atomic E-state index is -1.01. The van der Waals surface area contributed by atoms with Crippen LogP contribution >= 0.6 is 39.2 Å². The molecule has 0 radical (unpaired) electrons. The van der Waals surface area contributed by atoms with Crippen LogP contribution in [0, 0.1) is 0 Å². The van der Waals surface area contributed by atoms with Crippen molar-refractivity contribution >= 4 is 51.0 Å². The van der Waals surface area contributed by atoms with Gasteiger partial charge in [0.2, 0.25) is 11.8 Å². The second-order valence-corrected chi connectivity index (χ2v) is 12.1. The number of hydrogen-bond acceptors (Lipinski definition) is 2. The Kier molecular flexibility index (Phi) is 4.41. The summed E-state index contributed by atoms with van der Waals surface area (Å²) in [5.41, 5.74) is 0. The van der Waals surface area contributed by atoms with E-state index in [9.17, 15) is 9.59 Å². The van der Waals surface area contributed by atoms with Gasteiger partial charge in [-0.2, -0.15) is 8.46 Å². The molecule has 17 heavy (non-hydrogen) atoms. The number of amides is 2. The predicted molar refractivity (Wildman–Crippen MR) is 78.1 cm³/mol. The Morgan fingerprint density at radius 1 is 1.24 bits per heavy atom. The van der Waals surface area contributed by atoms with Crippen LogP contribution in [-0.4, -0.2) is 70.4 Å². The third kappa shape index (κ3) is 3.17. The van der Waals surface area contributed by atoms with Gasteiger partial charge in [-0.05, 0) is 14.8 Å². The normalized spacial score (nSPS) is 33.6. The van der Waals surface area contributed by atoms with E-state index in [1.807, 2.05) is 9.80 Å². The molecule has 2 bridgehead atoms. The van der Waals surface area contributed by atoms with E-state index in [2.05, 4.69) is 30.7 Å². The van der Waals surface area contributed by atoms with Crippen LogP contribution in [0.15, 0.2) is 0 Å². The molecule has 0 aromatic carbocycles. The monoisotopic (exact) mass is 386 g/mol. The van der Waals surface area contributed by atoms with Crippen molar-refractivity contribution in [2.45, 2.75) is 0 Å². The molecule has 0 aromatic heterocycles. The van der Waals surface area contributed by atoms with Crippen molar-refractivity contribution in [2.75, 3.05) is 48.8 Å². The van der Waals surface area contributed by atoms with E-state index in [0.29, 0.717) is 24.2 Å². The maximum Gasteiger partial charge on any atom is 0.233 e. The Labute approximate surface area is 119 Å². The summed E-state index contributed by atoms with van der Waals surface area (Å²) in [6.07, 6.45) is 0. The third-order valence-electron chi connectivity index (χ3n) is 3.30. The van der Waals surface area contributed by atoms with Crippen molar-refractivity contribution in [3.8, 4) is 0 Å². The van der Waals surface area contributed by atoms with Crippen LogP contribution in [0.5, 0.6) is 0 Å². The lowest BCUT2D eigenvalue weighted by Crippen LogP contribution is -2.44. The number of carbonyl (C=O) groups excluding carboxylic acids is 2. The smallest absolute Gasteiger partial charge is 0.233 e. The van der Waals surface area contributed by atoms with Gasteiger partial charge in [-0.15, -0.1) is 0 Å². The van der Waals surface area contributed by atoms with E-state index < -0.39 is 8.46 Å². The topological polar surface area (TPSA) is 40.6 Å². The Hall–Kier alpha value is 0.250. The second-order valence-electron chi connectivity index (χ2n) is 4.39. The average molecular weight is 388 g/mol. The zero-order chi connectivity index (χ0) is 12.5. The van der Waals surface area contributed by atoms with Gasteiger partial charge in [-0.25, -0.2) is 0 Å². The summed E-state index contributed by atoms with van der Waals surface area (Å²) in [5, 5.41) is 0.367. The van der Waals surface area contributed by atoms with Gasteiger partial charge in [-0.3, -0.25) is 9.59 Å². The van der Waals surface area contributed by atoms with E-state index in [1.165, 1.54) is 0 Å². The number of halogens is 2. The minimum absolute atomic E-state index is 0.121. The van der Waals surface area contributed by atoms with Gasteiger partial charge in [0.15, 0.2) is 0 Å². The molecule has 3 heterocycles. The molecule has 0 N–H and O–H groups in total. The largest absolute Gasteiger partial charge is 0.339 e. The van der Waals surface area contributed by atoms with Gasteiger partial charge in [0.05, 0.1) is 11.1 Å². The SMILES string of the molecule is O=C(CBr)N1CCN2CCS(Br)(CC1)CC2=O. The fourth-order valence-electron chi connectivity index (χ4n) is 2.15. The minimum Gasteiger partial charge on any atom is -0.339 e. The average Bonchev–Trinajstić information content (AvgIpc) is 2.41. The molecule has 98 valence electrons. The molecule has 4 nitrogen and oxygen atoms in total. The molecule has 0 aromatic rings. The maximum absolute atomic E-state index is 11.9. The van der Waals surface area contributed by atoms with Gasteiger partial charge in [0.25, 0.3) is 0 Å². The second kappa shape index (κ2) is 5.48. The van der Waals surface area contributed by atoms with Gasteiger partial charge < -0.3 is 9.80 Å². The highest BCUT2D eigenvalue weighted by Crippen LogP contribution is 2.57. The summed E-state index contributed by atoms with van der Waals surface area (Å²) in [7, 11) is -1.01. The number of nitrogens with zero attached hydrogens (tertiary/aromatic N) is 2. The number of carbonyl (C=O) groups is 2. The maximum atomic E-state index is 11.9. The molecule has 0 spiro atoms. The number of alkyl halides is 1. The Bertz CT molecular complexity index is 342. The molecule has 2 amide bonds. The summed E-state index contributed by atoms with van der Waals surface area (Å²) in [6, 6.07) is 0. The Morgan fingerprint density at radius 3 is 2.59 bits per heavy atom. The first-order valence-electron chi connectivity index (χ1n) is 5.62. The summed E-state index contributed by atoms with van der Waals surface area (Å²) in [4.78, 5) is 27.4. The summed E-state index contributed by atoms with van der Waals surface area (Å²) >= 11 is 6.99. The van der Waals surface area contributed by atoms with Crippen LogP contribution in [0.25, 0.3) is 0 Å². The van der Waals surface area contributed by atoms with Crippen LogP contribution in [0.2, 0.25) is 0 Å². The Morgan fingerprint density at radius 2 is 1.94 bits per heavy atom. The van der Waals surface area contributed by atoms with Crippen molar-refractivity contribution in [3.05, 3.63) is 0 Å². The molecule has 3 aliphatic heterocycles. The summed E-state index contributed by atoms with van der Waals surface area (Å²) in [5.74, 6) is 3.01. The van der Waals surface area contributed by atoms with Crippen LogP contribution in [0.3, 0.4) is 0 Å². The first kappa shape index (κ1) is 13.7. The van der Waals surface area contributed by atoms with Gasteiger partial charge >= 0.3 is 0 Å². The predicted octanol–water partition coefficient (Wildman–Crippen LogP) is 1.18. The van der Waals surface area contributed by atoms with Crippen LogP contribution in [0.4, 0.5) is 0 Å². The quantitative estimate of drug-likeness (QED) is 0.634. The molecular weight excluding hydrogens is 372 g/mol. The standard InChI is InChI=1S/C10H16Br2N2O2S/c11-7-9(15)13-1-2-14-4-6-17(12,5-3-13)8-10(14)16/h1-8H2. The molecule has 3 fully saturated rings. The highest BCUT2D eigenvalue weighted by Gasteiger charge is 2.35. The van der Waals surface area contributed by atoms with Crippen molar-refractivity contribution in [3.63, 3.8) is 0 Å². The lowest BCUT2D eigenvalue weighted by atomic mass is 10.4. The number of hydrogen-bond donors (Lipinski definition) is 0. The van der Waals surface area contributed by atoms with E-state index in [0.717, 1.165) is 24.6 Å². The fourth-order valence-corrected chi connectivity index (χ4v) is 6.18. The molecular formula is C10H16Br2N2O2S. The molecule has 1 atom stereocenters. The van der Waals surface area contributed by atoms with E-state index in [1.54, 1.807) is 0 Å². The molecule has 0 aliphatic carbocycles. The van der Waals surface area contributed by atoms with Crippen molar-refractivity contribution in [1.82, 2.24) is 9.80 Å². The molecule has 3 saturated heterocycles. The van der Waals surface area contributed by atoms with E-state index >= 15 is 0 Å². The molecule has 7 heteroatoms. The molecule has 0 saturated carbocycles. The molecule has 3 aliphatic rings. The lowest BCUT2D eigenvalue weighted by molar-refractivity contribution is -0.131. The van der Waals surface area contributed by atoms with E-state index in [-0.39, 0.29) is 11.8 Å². The zero-order valence-electron chi connectivity index (χ0n) is 9.53. The van der Waals surface area contributed by atoms with Crippen molar-refractivity contribution in [2.24, 2.45) is 0 Å². The summed E-state index contributed by atoms with van der Waals surface area (Å²) < 4.78 is 0. The lowest BCUT2D eigenvalue weighted by Gasteiger charge is -2.40. The van der Waals surface area contributed by atoms with Gasteiger partial charge in [0, 0.05) is 37.7 Å². The third-order valence-corrected chi connectivity index (χ3v) is 9.00. The van der Waals surface area contributed by atoms with Crippen LogP contribution in [0.1, 0.15) is 0 Å². The van der Waals surface area contributed by atoms with Gasteiger partial charge in [-0.1, -0.05) is 15.9 Å².